The summed E-state index contributed by atoms with van der Waals surface area (Å²) in [5.41, 5.74) is 8.19. The molecule has 2 aromatic rings. The molecule has 1 aliphatic rings. The minimum atomic E-state index is 0.308. The smallest absolute Gasteiger partial charge is 0.119 e. The molecule has 0 bridgehead atoms. The molecule has 1 saturated carbocycles. The van der Waals surface area contributed by atoms with Crippen LogP contribution in [-0.2, 0) is 0 Å². The van der Waals surface area contributed by atoms with E-state index in [9.17, 15) is 0 Å². The zero-order valence-corrected chi connectivity index (χ0v) is 10.3. The topological polar surface area (TPSA) is 35.2 Å². The van der Waals surface area contributed by atoms with Crippen LogP contribution in [0.25, 0.3) is 11.1 Å². The van der Waals surface area contributed by atoms with Gasteiger partial charge in [0.25, 0.3) is 0 Å². The third kappa shape index (κ3) is 2.39. The predicted molar refractivity (Wildman–Crippen MR) is 73.5 cm³/mol. The molecule has 0 heterocycles. The van der Waals surface area contributed by atoms with Crippen LogP contribution >= 0.6 is 0 Å². The van der Waals surface area contributed by atoms with Crippen LogP contribution in [0, 0.1) is 0 Å². The van der Waals surface area contributed by atoms with Crippen LogP contribution in [0.5, 0.6) is 5.75 Å². The Morgan fingerprint density at radius 1 is 0.833 bits per heavy atom. The maximum atomic E-state index is 5.83. The van der Waals surface area contributed by atoms with Crippen LogP contribution in [0.2, 0.25) is 0 Å². The Labute approximate surface area is 107 Å². The lowest BCUT2D eigenvalue weighted by molar-refractivity contribution is 0.101. The second-order valence-electron chi connectivity index (χ2n) is 4.86. The molecule has 0 aromatic heterocycles. The summed E-state index contributed by atoms with van der Waals surface area (Å²) in [6.45, 7) is 0. The highest BCUT2D eigenvalue weighted by molar-refractivity contribution is 5.63. The number of nitrogens with two attached hydrogens (primary N) is 1. The molecule has 0 saturated heterocycles. The van der Waals surface area contributed by atoms with E-state index in [1.165, 1.54) is 11.1 Å². The predicted octanol–water partition coefficient (Wildman–Crippen LogP) is 3.22. The monoisotopic (exact) mass is 239 g/mol. The fourth-order valence-corrected chi connectivity index (χ4v) is 2.25. The molecule has 0 atom stereocenters. The zero-order valence-electron chi connectivity index (χ0n) is 10.3. The van der Waals surface area contributed by atoms with E-state index < -0.39 is 0 Å². The van der Waals surface area contributed by atoms with Crippen LogP contribution < -0.4 is 10.5 Å². The van der Waals surface area contributed by atoms with Crippen molar-refractivity contribution in [2.24, 2.45) is 5.73 Å². The van der Waals surface area contributed by atoms with Crippen LogP contribution in [0.1, 0.15) is 12.8 Å². The molecule has 92 valence electrons. The van der Waals surface area contributed by atoms with Crippen molar-refractivity contribution in [2.45, 2.75) is 25.0 Å². The van der Waals surface area contributed by atoms with Crippen molar-refractivity contribution in [2.75, 3.05) is 0 Å². The van der Waals surface area contributed by atoms with E-state index in [0.29, 0.717) is 12.1 Å². The third-order valence-corrected chi connectivity index (χ3v) is 3.40. The molecular formula is C16H17NO. The number of hydrogen-bond donors (Lipinski definition) is 1. The average molecular weight is 239 g/mol. The molecule has 0 unspecified atom stereocenters. The highest BCUT2D eigenvalue weighted by Gasteiger charge is 2.27. The first kappa shape index (κ1) is 11.3. The van der Waals surface area contributed by atoms with Gasteiger partial charge in [0.15, 0.2) is 0 Å². The fraction of sp³-hybridized carbons (Fsp3) is 0.250. The summed E-state index contributed by atoms with van der Waals surface area (Å²) in [5, 5.41) is 0. The molecule has 2 nitrogen and oxygen atoms in total. The SMILES string of the molecule is NC1CC(Oc2ccc(-c3ccccc3)cc2)C1. The van der Waals surface area contributed by atoms with E-state index in [1.807, 2.05) is 18.2 Å². The lowest BCUT2D eigenvalue weighted by Crippen LogP contribution is -2.43. The Kier molecular flexibility index (Phi) is 3.03. The van der Waals surface area contributed by atoms with E-state index in [-0.39, 0.29) is 0 Å². The Morgan fingerprint density at radius 3 is 2.06 bits per heavy atom. The van der Waals surface area contributed by atoms with Crippen molar-refractivity contribution < 1.29 is 4.74 Å². The van der Waals surface area contributed by atoms with Gasteiger partial charge in [-0.25, -0.2) is 0 Å². The minimum absolute atomic E-state index is 0.308. The van der Waals surface area contributed by atoms with Crippen LogP contribution in [0.3, 0.4) is 0 Å². The first-order valence-corrected chi connectivity index (χ1v) is 6.39. The van der Waals surface area contributed by atoms with E-state index in [2.05, 4.69) is 36.4 Å². The van der Waals surface area contributed by atoms with Gasteiger partial charge in [-0.15, -0.1) is 0 Å². The van der Waals surface area contributed by atoms with Crippen molar-refractivity contribution >= 4 is 0 Å². The molecule has 0 radical (unpaired) electrons. The van der Waals surface area contributed by atoms with Crippen molar-refractivity contribution in [3.8, 4) is 16.9 Å². The fourth-order valence-electron chi connectivity index (χ4n) is 2.25. The Hall–Kier alpha value is -1.80. The molecule has 3 rings (SSSR count). The molecule has 1 aliphatic carbocycles. The van der Waals surface area contributed by atoms with Gasteiger partial charge < -0.3 is 10.5 Å². The molecule has 0 amide bonds. The number of ether oxygens (including phenoxy) is 1. The molecule has 0 spiro atoms. The number of rotatable bonds is 3. The van der Waals surface area contributed by atoms with Gasteiger partial charge in [-0.05, 0) is 36.1 Å². The zero-order chi connectivity index (χ0) is 12.4. The average Bonchev–Trinajstić information content (AvgIpc) is 2.39. The number of hydrogen-bond acceptors (Lipinski definition) is 2. The summed E-state index contributed by atoms with van der Waals surface area (Å²) in [4.78, 5) is 0. The maximum Gasteiger partial charge on any atom is 0.119 e. The summed E-state index contributed by atoms with van der Waals surface area (Å²) in [6, 6.07) is 19.0. The second kappa shape index (κ2) is 4.83. The normalized spacial score (nSPS) is 22.3. The Morgan fingerprint density at radius 2 is 1.44 bits per heavy atom. The second-order valence-corrected chi connectivity index (χ2v) is 4.86. The van der Waals surface area contributed by atoms with Crippen molar-refractivity contribution in [3.63, 3.8) is 0 Å². The Bertz CT molecular complexity index is 500. The first-order chi connectivity index (χ1) is 8.81. The van der Waals surface area contributed by atoms with E-state index >= 15 is 0 Å². The first-order valence-electron chi connectivity index (χ1n) is 6.39. The summed E-state index contributed by atoms with van der Waals surface area (Å²) < 4.78 is 5.83. The molecule has 2 heteroatoms. The summed E-state index contributed by atoms with van der Waals surface area (Å²) in [5.74, 6) is 0.937. The van der Waals surface area contributed by atoms with Gasteiger partial charge in [0, 0.05) is 6.04 Å². The van der Waals surface area contributed by atoms with Gasteiger partial charge in [-0.3, -0.25) is 0 Å². The molecule has 2 N–H and O–H groups in total. The lowest BCUT2D eigenvalue weighted by atomic mass is 9.90. The third-order valence-electron chi connectivity index (χ3n) is 3.40. The number of benzene rings is 2. The van der Waals surface area contributed by atoms with Gasteiger partial charge in [-0.2, -0.15) is 0 Å². The Balaban J connectivity index is 1.69. The lowest BCUT2D eigenvalue weighted by Gasteiger charge is -2.32. The highest BCUT2D eigenvalue weighted by Crippen LogP contribution is 2.27. The van der Waals surface area contributed by atoms with Crippen molar-refractivity contribution in [1.29, 1.82) is 0 Å². The van der Waals surface area contributed by atoms with Gasteiger partial charge in [0.05, 0.1) is 0 Å². The quantitative estimate of drug-likeness (QED) is 0.892. The van der Waals surface area contributed by atoms with E-state index in [1.54, 1.807) is 0 Å². The van der Waals surface area contributed by atoms with Crippen molar-refractivity contribution in [3.05, 3.63) is 54.6 Å². The highest BCUT2D eigenvalue weighted by atomic mass is 16.5. The summed E-state index contributed by atoms with van der Waals surface area (Å²) in [7, 11) is 0. The molecule has 1 fully saturated rings. The molecule has 2 aromatic carbocycles. The molecule has 18 heavy (non-hydrogen) atoms. The van der Waals surface area contributed by atoms with Crippen LogP contribution in [-0.4, -0.2) is 12.1 Å². The summed E-state index contributed by atoms with van der Waals surface area (Å²) in [6.07, 6.45) is 2.25. The van der Waals surface area contributed by atoms with Crippen LogP contribution in [0.4, 0.5) is 0 Å². The van der Waals surface area contributed by atoms with E-state index in [4.69, 9.17) is 10.5 Å². The molecule has 0 aliphatic heterocycles. The standard InChI is InChI=1S/C16H17NO/c17-14-10-16(11-14)18-15-8-6-13(7-9-15)12-4-2-1-3-5-12/h1-9,14,16H,10-11,17H2. The van der Waals surface area contributed by atoms with Gasteiger partial charge >= 0.3 is 0 Å². The van der Waals surface area contributed by atoms with Crippen molar-refractivity contribution in [1.82, 2.24) is 0 Å². The van der Waals surface area contributed by atoms with Gasteiger partial charge in [0.2, 0.25) is 0 Å². The maximum absolute atomic E-state index is 5.83. The summed E-state index contributed by atoms with van der Waals surface area (Å²) >= 11 is 0. The minimum Gasteiger partial charge on any atom is -0.490 e. The van der Waals surface area contributed by atoms with Crippen LogP contribution in [0.15, 0.2) is 54.6 Å². The van der Waals surface area contributed by atoms with Gasteiger partial charge in [0.1, 0.15) is 11.9 Å². The largest absolute Gasteiger partial charge is 0.490 e. The van der Waals surface area contributed by atoms with Gasteiger partial charge in [-0.1, -0.05) is 42.5 Å². The van der Waals surface area contributed by atoms with E-state index in [0.717, 1.165) is 18.6 Å². The molecular weight excluding hydrogens is 222 g/mol.